The Bertz CT molecular complexity index is 1020. The lowest BCUT2D eigenvalue weighted by molar-refractivity contribution is 0.0694. The first-order chi connectivity index (χ1) is 14.0. The molecule has 0 bridgehead atoms. The van der Waals surface area contributed by atoms with Crippen LogP contribution in [0.2, 0.25) is 5.02 Å². The van der Waals surface area contributed by atoms with Gasteiger partial charge in [0.25, 0.3) is 5.91 Å². The molecule has 7 heteroatoms. The fourth-order valence-corrected chi connectivity index (χ4v) is 3.92. The number of rotatable bonds is 8. The van der Waals surface area contributed by atoms with Gasteiger partial charge in [0, 0.05) is 22.4 Å². The normalized spacial score (nSPS) is 12.5. The molecule has 1 atom stereocenters. The second-order valence-corrected chi connectivity index (χ2v) is 7.57. The Kier molecular flexibility index (Phi) is 6.50. The second-order valence-electron chi connectivity index (χ2n) is 7.13. The number of amides is 1. The average molecular weight is 410 g/mol. The highest BCUT2D eigenvalue weighted by molar-refractivity contribution is 6.30. The van der Waals surface area contributed by atoms with Crippen molar-refractivity contribution >= 4 is 28.5 Å². The molecule has 0 aliphatic heterocycles. The number of hydrogen-bond donors (Lipinski definition) is 1. The van der Waals surface area contributed by atoms with Gasteiger partial charge < -0.3 is 5.32 Å². The van der Waals surface area contributed by atoms with Crippen molar-refractivity contribution in [3.8, 4) is 6.07 Å². The van der Waals surface area contributed by atoms with E-state index >= 15 is 0 Å². The minimum Gasteiger partial charge on any atom is -0.330 e. The average Bonchev–Trinajstić information content (AvgIpc) is 3.18. The Morgan fingerprint density at radius 1 is 1.21 bits per heavy atom. The molecule has 150 valence electrons. The molecule has 3 aromatic rings. The van der Waals surface area contributed by atoms with Crippen LogP contribution in [0.25, 0.3) is 11.0 Å². The molecular formula is C22H24ClN5O. The molecule has 1 aromatic heterocycles. The summed E-state index contributed by atoms with van der Waals surface area (Å²) in [6.07, 6.45) is 2.18. The quantitative estimate of drug-likeness (QED) is 0.559. The van der Waals surface area contributed by atoms with Gasteiger partial charge in [0.15, 0.2) is 0 Å². The minimum atomic E-state index is -0.443. The lowest BCUT2D eigenvalue weighted by Crippen LogP contribution is -2.44. The standard InChI is InChI=1S/C22H24ClN5O/c1-3-22(4-2,14-7-15-24)21(25-20(29)16-10-12-17(23)13-11-16)28-19-9-6-5-8-18(19)26-27-28/h5-6,8-13,21H,3-4,7,14H2,1-2H3,(H,25,29). The third kappa shape index (κ3) is 4.25. The van der Waals surface area contributed by atoms with E-state index in [9.17, 15) is 10.1 Å². The van der Waals surface area contributed by atoms with Crippen LogP contribution in [0.1, 0.15) is 56.1 Å². The molecule has 1 unspecified atom stereocenters. The van der Waals surface area contributed by atoms with Gasteiger partial charge in [-0.15, -0.1) is 5.10 Å². The molecule has 0 saturated carbocycles. The van der Waals surface area contributed by atoms with Gasteiger partial charge in [-0.25, -0.2) is 4.68 Å². The number of benzene rings is 2. The molecular weight excluding hydrogens is 386 g/mol. The number of fused-ring (bicyclic) bond motifs is 1. The number of nitrogens with zero attached hydrogens (tertiary/aromatic N) is 4. The van der Waals surface area contributed by atoms with Gasteiger partial charge in [0.05, 0.1) is 11.6 Å². The maximum atomic E-state index is 13.1. The van der Waals surface area contributed by atoms with E-state index in [0.29, 0.717) is 23.4 Å². The van der Waals surface area contributed by atoms with E-state index in [0.717, 1.165) is 23.9 Å². The summed E-state index contributed by atoms with van der Waals surface area (Å²) in [6.45, 7) is 4.17. The molecule has 0 radical (unpaired) electrons. The van der Waals surface area contributed by atoms with Crippen LogP contribution in [-0.4, -0.2) is 20.9 Å². The summed E-state index contributed by atoms with van der Waals surface area (Å²) >= 11 is 5.96. The summed E-state index contributed by atoms with van der Waals surface area (Å²) in [4.78, 5) is 13.1. The summed E-state index contributed by atoms with van der Waals surface area (Å²) in [7, 11) is 0. The molecule has 0 aliphatic rings. The molecule has 1 heterocycles. The smallest absolute Gasteiger partial charge is 0.252 e. The van der Waals surface area contributed by atoms with Gasteiger partial charge in [-0.05, 0) is 55.7 Å². The third-order valence-corrected chi connectivity index (χ3v) is 5.97. The van der Waals surface area contributed by atoms with Gasteiger partial charge in [-0.1, -0.05) is 42.8 Å². The van der Waals surface area contributed by atoms with Crippen molar-refractivity contribution in [2.45, 2.75) is 45.7 Å². The molecule has 0 fully saturated rings. The van der Waals surface area contributed by atoms with Crippen LogP contribution in [-0.2, 0) is 0 Å². The van der Waals surface area contributed by atoms with Gasteiger partial charge in [-0.3, -0.25) is 4.79 Å². The van der Waals surface area contributed by atoms with Gasteiger partial charge >= 0.3 is 0 Å². The van der Waals surface area contributed by atoms with E-state index < -0.39 is 6.17 Å². The monoisotopic (exact) mass is 409 g/mol. The van der Waals surface area contributed by atoms with Crippen molar-refractivity contribution in [2.75, 3.05) is 0 Å². The number of halogens is 1. The number of aromatic nitrogens is 3. The lowest BCUT2D eigenvalue weighted by atomic mass is 9.75. The molecule has 29 heavy (non-hydrogen) atoms. The van der Waals surface area contributed by atoms with Gasteiger partial charge in [0.2, 0.25) is 0 Å². The third-order valence-electron chi connectivity index (χ3n) is 5.72. The van der Waals surface area contributed by atoms with Crippen LogP contribution >= 0.6 is 11.6 Å². The summed E-state index contributed by atoms with van der Waals surface area (Å²) in [5, 5.41) is 21.6. The maximum Gasteiger partial charge on any atom is 0.252 e. The van der Waals surface area contributed by atoms with Crippen molar-refractivity contribution in [1.29, 1.82) is 5.26 Å². The fourth-order valence-electron chi connectivity index (χ4n) is 3.79. The molecule has 1 N–H and O–H groups in total. The van der Waals surface area contributed by atoms with Gasteiger partial charge in [-0.2, -0.15) is 5.26 Å². The van der Waals surface area contributed by atoms with E-state index in [1.165, 1.54) is 0 Å². The maximum absolute atomic E-state index is 13.1. The van der Waals surface area contributed by atoms with Crippen molar-refractivity contribution in [1.82, 2.24) is 20.3 Å². The zero-order valence-electron chi connectivity index (χ0n) is 16.6. The Morgan fingerprint density at radius 3 is 2.55 bits per heavy atom. The number of nitrogens with one attached hydrogen (secondary N) is 1. The summed E-state index contributed by atoms with van der Waals surface area (Å²) < 4.78 is 1.79. The molecule has 2 aromatic carbocycles. The Balaban J connectivity index is 2.06. The molecule has 0 aliphatic carbocycles. The van der Waals surface area contributed by atoms with E-state index in [4.69, 9.17) is 11.6 Å². The van der Waals surface area contributed by atoms with Crippen molar-refractivity contribution in [3.05, 3.63) is 59.1 Å². The van der Waals surface area contributed by atoms with Crippen LogP contribution in [0.15, 0.2) is 48.5 Å². The largest absolute Gasteiger partial charge is 0.330 e. The number of para-hydroxylation sites is 1. The topological polar surface area (TPSA) is 83.6 Å². The predicted molar refractivity (Wildman–Crippen MR) is 113 cm³/mol. The fraction of sp³-hybridized carbons (Fsp3) is 0.364. The first-order valence-corrected chi connectivity index (χ1v) is 10.2. The minimum absolute atomic E-state index is 0.213. The number of hydrogen-bond acceptors (Lipinski definition) is 4. The van der Waals surface area contributed by atoms with E-state index in [1.807, 2.05) is 24.3 Å². The first kappa shape index (κ1) is 20.8. The Labute approximate surface area is 175 Å². The number of nitriles is 1. The van der Waals surface area contributed by atoms with E-state index in [2.05, 4.69) is 35.5 Å². The van der Waals surface area contributed by atoms with Crippen LogP contribution < -0.4 is 5.32 Å². The summed E-state index contributed by atoms with van der Waals surface area (Å²) in [6, 6.07) is 16.7. The zero-order chi connectivity index (χ0) is 20.9. The summed E-state index contributed by atoms with van der Waals surface area (Å²) in [5.74, 6) is -0.213. The number of carbonyl (C=O) groups is 1. The molecule has 0 saturated heterocycles. The SMILES string of the molecule is CCC(CC)(CCC#N)C(NC(=O)c1ccc(Cl)cc1)n1nnc2ccccc21. The molecule has 0 spiro atoms. The van der Waals surface area contributed by atoms with E-state index in [1.54, 1.807) is 28.9 Å². The Morgan fingerprint density at radius 2 is 1.90 bits per heavy atom. The van der Waals surface area contributed by atoms with Crippen molar-refractivity contribution in [3.63, 3.8) is 0 Å². The van der Waals surface area contributed by atoms with Crippen LogP contribution in [0.3, 0.4) is 0 Å². The van der Waals surface area contributed by atoms with Crippen LogP contribution in [0.4, 0.5) is 0 Å². The number of carbonyl (C=O) groups excluding carboxylic acids is 1. The zero-order valence-corrected chi connectivity index (χ0v) is 17.4. The van der Waals surface area contributed by atoms with Gasteiger partial charge in [0.1, 0.15) is 11.7 Å². The van der Waals surface area contributed by atoms with Crippen molar-refractivity contribution < 1.29 is 4.79 Å². The first-order valence-electron chi connectivity index (χ1n) is 9.78. The second kappa shape index (κ2) is 9.06. The van der Waals surface area contributed by atoms with Crippen molar-refractivity contribution in [2.24, 2.45) is 5.41 Å². The predicted octanol–water partition coefficient (Wildman–Crippen LogP) is 5.12. The molecule has 1 amide bonds. The summed E-state index contributed by atoms with van der Waals surface area (Å²) in [5.41, 5.74) is 1.79. The van der Waals surface area contributed by atoms with Crippen LogP contribution in [0, 0.1) is 16.7 Å². The highest BCUT2D eigenvalue weighted by atomic mass is 35.5. The van der Waals surface area contributed by atoms with Crippen LogP contribution in [0.5, 0.6) is 0 Å². The highest BCUT2D eigenvalue weighted by Crippen LogP contribution is 2.42. The molecule has 6 nitrogen and oxygen atoms in total. The Hall–Kier alpha value is -2.91. The molecule has 3 rings (SSSR count). The lowest BCUT2D eigenvalue weighted by Gasteiger charge is -2.39. The highest BCUT2D eigenvalue weighted by Gasteiger charge is 2.39. The van der Waals surface area contributed by atoms with E-state index in [-0.39, 0.29) is 11.3 Å².